The first kappa shape index (κ1) is 18.1. The Hall–Kier alpha value is -2.20. The number of halogens is 1. The molecule has 0 saturated carbocycles. The van der Waals surface area contributed by atoms with Gasteiger partial charge in [-0.1, -0.05) is 29.8 Å². The van der Waals surface area contributed by atoms with Gasteiger partial charge in [0.25, 0.3) is 5.91 Å². The van der Waals surface area contributed by atoms with Crippen LogP contribution in [0.3, 0.4) is 0 Å². The highest BCUT2D eigenvalue weighted by molar-refractivity contribution is 6.31. The molecule has 0 aromatic heterocycles. The molecule has 0 aliphatic rings. The molecule has 0 radical (unpaired) electrons. The third-order valence-corrected chi connectivity index (χ3v) is 4.16. The topological polar surface area (TPSA) is 47.6 Å². The first-order chi connectivity index (χ1) is 11.5. The lowest BCUT2D eigenvalue weighted by molar-refractivity contribution is -0.123. The maximum Gasteiger partial charge on any atom is 0.258 e. The Morgan fingerprint density at radius 3 is 2.62 bits per heavy atom. The molecule has 0 spiro atoms. The van der Waals surface area contributed by atoms with Gasteiger partial charge in [0.05, 0.1) is 6.54 Å². The van der Waals surface area contributed by atoms with Gasteiger partial charge in [0.2, 0.25) is 0 Å². The highest BCUT2D eigenvalue weighted by atomic mass is 35.5. The monoisotopic (exact) mass is 347 g/mol. The third kappa shape index (κ3) is 5.17. The van der Waals surface area contributed by atoms with Crippen LogP contribution in [0.1, 0.15) is 16.7 Å². The predicted octanol–water partition coefficient (Wildman–Crippen LogP) is 3.84. The van der Waals surface area contributed by atoms with Crippen molar-refractivity contribution in [2.75, 3.05) is 19.8 Å². The van der Waals surface area contributed by atoms with Crippen LogP contribution in [0.4, 0.5) is 0 Å². The van der Waals surface area contributed by atoms with Crippen molar-refractivity contribution in [2.24, 2.45) is 0 Å². The lowest BCUT2D eigenvalue weighted by Gasteiger charge is -2.11. The van der Waals surface area contributed by atoms with Gasteiger partial charge >= 0.3 is 0 Å². The number of carbonyl (C=O) groups excluding carboxylic acids is 1. The lowest BCUT2D eigenvalue weighted by Crippen LogP contribution is -2.32. The Balaban J connectivity index is 1.69. The van der Waals surface area contributed by atoms with E-state index in [1.807, 2.05) is 51.1 Å². The van der Waals surface area contributed by atoms with Crippen molar-refractivity contribution in [1.29, 1.82) is 0 Å². The third-order valence-electron chi connectivity index (χ3n) is 3.75. The van der Waals surface area contributed by atoms with Gasteiger partial charge in [-0.3, -0.25) is 4.79 Å². The summed E-state index contributed by atoms with van der Waals surface area (Å²) in [5.41, 5.74) is 3.18. The van der Waals surface area contributed by atoms with Crippen molar-refractivity contribution in [3.05, 3.63) is 58.1 Å². The molecular weight excluding hydrogens is 326 g/mol. The Morgan fingerprint density at radius 1 is 1.08 bits per heavy atom. The Kier molecular flexibility index (Phi) is 6.50. The number of aryl methyl sites for hydroxylation is 2. The first-order valence-electron chi connectivity index (χ1n) is 7.82. The van der Waals surface area contributed by atoms with Crippen LogP contribution < -0.4 is 14.8 Å². The normalized spacial score (nSPS) is 10.3. The van der Waals surface area contributed by atoms with Gasteiger partial charge in [-0.25, -0.2) is 0 Å². The number of carbonyl (C=O) groups is 1. The maximum atomic E-state index is 11.8. The van der Waals surface area contributed by atoms with Crippen LogP contribution in [0.5, 0.6) is 11.5 Å². The average Bonchev–Trinajstić information content (AvgIpc) is 2.56. The second-order valence-corrected chi connectivity index (χ2v) is 6.00. The number of hydrogen-bond donors (Lipinski definition) is 1. The molecular formula is C19H22ClNO3. The van der Waals surface area contributed by atoms with Crippen LogP contribution in [0.2, 0.25) is 5.02 Å². The van der Waals surface area contributed by atoms with Crippen molar-refractivity contribution < 1.29 is 14.3 Å². The molecule has 0 atom stereocenters. The zero-order valence-corrected chi connectivity index (χ0v) is 14.9. The van der Waals surface area contributed by atoms with E-state index in [0.29, 0.717) is 23.9 Å². The fourth-order valence-corrected chi connectivity index (χ4v) is 2.27. The van der Waals surface area contributed by atoms with E-state index in [4.69, 9.17) is 21.1 Å². The maximum absolute atomic E-state index is 11.8. The average molecular weight is 348 g/mol. The molecule has 0 saturated heterocycles. The highest BCUT2D eigenvalue weighted by Gasteiger charge is 2.06. The van der Waals surface area contributed by atoms with E-state index in [1.54, 1.807) is 6.07 Å². The van der Waals surface area contributed by atoms with Crippen LogP contribution in [0, 0.1) is 20.8 Å². The molecule has 0 aliphatic heterocycles. The Bertz CT molecular complexity index is 716. The summed E-state index contributed by atoms with van der Waals surface area (Å²) in [5.74, 6) is 1.24. The molecule has 0 heterocycles. The summed E-state index contributed by atoms with van der Waals surface area (Å²) in [6.45, 7) is 6.68. The second-order valence-electron chi connectivity index (χ2n) is 5.60. The molecule has 2 aromatic carbocycles. The molecule has 0 aliphatic carbocycles. The van der Waals surface area contributed by atoms with Gasteiger partial charge < -0.3 is 14.8 Å². The minimum Gasteiger partial charge on any atom is -0.492 e. The molecule has 4 nitrogen and oxygen atoms in total. The van der Waals surface area contributed by atoms with E-state index in [0.717, 1.165) is 22.4 Å². The molecule has 2 aromatic rings. The van der Waals surface area contributed by atoms with E-state index in [2.05, 4.69) is 5.32 Å². The zero-order chi connectivity index (χ0) is 17.5. The van der Waals surface area contributed by atoms with Crippen molar-refractivity contribution in [3.8, 4) is 11.5 Å². The molecule has 5 heteroatoms. The van der Waals surface area contributed by atoms with Gasteiger partial charge in [0.1, 0.15) is 18.1 Å². The van der Waals surface area contributed by atoms with Crippen molar-refractivity contribution in [1.82, 2.24) is 5.32 Å². The van der Waals surface area contributed by atoms with E-state index < -0.39 is 0 Å². The lowest BCUT2D eigenvalue weighted by atomic mass is 10.1. The van der Waals surface area contributed by atoms with Crippen LogP contribution in [-0.4, -0.2) is 25.7 Å². The Labute approximate surface area is 147 Å². The largest absolute Gasteiger partial charge is 0.492 e. The molecule has 128 valence electrons. The number of ether oxygens (including phenoxy) is 2. The van der Waals surface area contributed by atoms with E-state index in [9.17, 15) is 4.79 Å². The Morgan fingerprint density at radius 2 is 1.88 bits per heavy atom. The van der Waals surface area contributed by atoms with Crippen LogP contribution >= 0.6 is 11.6 Å². The van der Waals surface area contributed by atoms with Crippen molar-refractivity contribution in [2.45, 2.75) is 20.8 Å². The van der Waals surface area contributed by atoms with Crippen LogP contribution in [0.25, 0.3) is 0 Å². The van der Waals surface area contributed by atoms with Crippen molar-refractivity contribution in [3.63, 3.8) is 0 Å². The number of amides is 1. The quantitative estimate of drug-likeness (QED) is 0.774. The predicted molar refractivity (Wildman–Crippen MR) is 96.1 cm³/mol. The summed E-state index contributed by atoms with van der Waals surface area (Å²) in [4.78, 5) is 11.8. The van der Waals surface area contributed by atoms with Crippen molar-refractivity contribution >= 4 is 17.5 Å². The molecule has 0 bridgehead atoms. The molecule has 1 amide bonds. The summed E-state index contributed by atoms with van der Waals surface area (Å²) < 4.78 is 11.1. The summed E-state index contributed by atoms with van der Waals surface area (Å²) in [5, 5.41) is 3.43. The highest BCUT2D eigenvalue weighted by Crippen LogP contribution is 2.21. The smallest absolute Gasteiger partial charge is 0.258 e. The van der Waals surface area contributed by atoms with Crippen LogP contribution in [0.15, 0.2) is 36.4 Å². The van der Waals surface area contributed by atoms with Gasteiger partial charge in [0, 0.05) is 5.02 Å². The molecule has 0 unspecified atom stereocenters. The van der Waals surface area contributed by atoms with Crippen LogP contribution in [-0.2, 0) is 4.79 Å². The van der Waals surface area contributed by atoms with Gasteiger partial charge in [-0.2, -0.15) is 0 Å². The van der Waals surface area contributed by atoms with E-state index >= 15 is 0 Å². The van der Waals surface area contributed by atoms with Gasteiger partial charge in [-0.05, 0) is 55.7 Å². The number of nitrogens with one attached hydrogen (secondary N) is 1. The van der Waals surface area contributed by atoms with E-state index in [1.165, 1.54) is 0 Å². The van der Waals surface area contributed by atoms with Gasteiger partial charge in [0.15, 0.2) is 6.61 Å². The minimum absolute atomic E-state index is 0.0132. The molecule has 0 fully saturated rings. The fraction of sp³-hybridized carbons (Fsp3) is 0.316. The summed E-state index contributed by atoms with van der Waals surface area (Å²) in [6, 6.07) is 11.3. The summed E-state index contributed by atoms with van der Waals surface area (Å²) in [7, 11) is 0. The molecule has 24 heavy (non-hydrogen) atoms. The first-order valence-corrected chi connectivity index (χ1v) is 8.20. The minimum atomic E-state index is -0.179. The second kappa shape index (κ2) is 8.60. The number of rotatable bonds is 7. The SMILES string of the molecule is Cc1ccc(OCCNC(=O)COc2cccc(C)c2C)cc1Cl. The van der Waals surface area contributed by atoms with Gasteiger partial charge in [-0.15, -0.1) is 0 Å². The number of hydrogen-bond acceptors (Lipinski definition) is 3. The zero-order valence-electron chi connectivity index (χ0n) is 14.2. The number of benzene rings is 2. The fourth-order valence-electron chi connectivity index (χ4n) is 2.10. The summed E-state index contributed by atoms with van der Waals surface area (Å²) >= 11 is 6.03. The molecule has 1 N–H and O–H groups in total. The standard InChI is InChI=1S/C19H22ClNO3/c1-13-5-4-6-18(15(13)3)24-12-19(22)21-9-10-23-16-8-7-14(2)17(20)11-16/h4-8,11H,9-10,12H2,1-3H3,(H,21,22). The molecule has 2 rings (SSSR count). The summed E-state index contributed by atoms with van der Waals surface area (Å²) in [6.07, 6.45) is 0. The van der Waals surface area contributed by atoms with E-state index in [-0.39, 0.29) is 12.5 Å².